The van der Waals surface area contributed by atoms with E-state index < -0.39 is 0 Å². The smallest absolute Gasteiger partial charge is 0.0718 e. The van der Waals surface area contributed by atoms with E-state index in [4.69, 9.17) is 0 Å². The number of hydrogen-bond donors (Lipinski definition) is 0. The minimum Gasteiger partial charge on any atom is -0.308 e. The molecule has 0 aliphatic carbocycles. The molecule has 0 atom stereocenters. The van der Waals surface area contributed by atoms with Crippen LogP contribution in [-0.4, -0.2) is 0 Å². The molecule has 0 aliphatic rings. The number of thiophene rings is 1. The molecule has 216 valence electrons. The summed E-state index contributed by atoms with van der Waals surface area (Å²) in [6.45, 7) is 0. The van der Waals surface area contributed by atoms with Gasteiger partial charge in [0, 0.05) is 32.2 Å². The maximum Gasteiger partial charge on any atom is 0.0718 e. The Balaban J connectivity index is 1.27. The van der Waals surface area contributed by atoms with Crippen LogP contribution in [0.4, 0.5) is 17.1 Å². The van der Waals surface area contributed by atoms with Gasteiger partial charge in [-0.3, -0.25) is 0 Å². The summed E-state index contributed by atoms with van der Waals surface area (Å²) in [5.74, 6) is 0. The van der Waals surface area contributed by atoms with Gasteiger partial charge in [-0.25, -0.2) is 0 Å². The van der Waals surface area contributed by atoms with Gasteiger partial charge in [-0.05, 0) is 74.8 Å². The van der Waals surface area contributed by atoms with Gasteiger partial charge >= 0.3 is 0 Å². The molecule has 0 fully saturated rings. The van der Waals surface area contributed by atoms with E-state index >= 15 is 0 Å². The highest BCUT2D eigenvalue weighted by atomic mass is 32.1. The van der Waals surface area contributed by atoms with Crippen molar-refractivity contribution in [2.24, 2.45) is 0 Å². The number of anilines is 3. The van der Waals surface area contributed by atoms with E-state index in [1.807, 2.05) is 11.3 Å². The van der Waals surface area contributed by atoms with Crippen LogP contribution in [0.15, 0.2) is 176 Å². The van der Waals surface area contributed by atoms with Crippen LogP contribution in [0.2, 0.25) is 0 Å². The molecular weight excluding hydrogens is 575 g/mol. The van der Waals surface area contributed by atoms with E-state index in [9.17, 15) is 0 Å². The summed E-state index contributed by atoms with van der Waals surface area (Å²) >= 11 is 1.88. The predicted octanol–water partition coefficient (Wildman–Crippen LogP) is 13.2. The van der Waals surface area contributed by atoms with Crippen molar-refractivity contribution in [1.29, 1.82) is 0 Å². The van der Waals surface area contributed by atoms with Gasteiger partial charge in [0.25, 0.3) is 0 Å². The Bertz CT molecular complexity index is 2510. The normalized spacial score (nSPS) is 11.5. The lowest BCUT2D eigenvalue weighted by Gasteiger charge is -2.28. The van der Waals surface area contributed by atoms with Crippen molar-refractivity contribution in [1.82, 2.24) is 0 Å². The molecule has 1 aromatic heterocycles. The Labute approximate surface area is 272 Å². The van der Waals surface area contributed by atoms with Crippen LogP contribution < -0.4 is 4.90 Å². The predicted molar refractivity (Wildman–Crippen MR) is 200 cm³/mol. The van der Waals surface area contributed by atoms with Crippen LogP contribution in [0.3, 0.4) is 0 Å². The standard InChI is InChI=1S/C44H29NS/c1-3-13-30(14-4-1)36-22-11-16-32-17-12-23-37(42(32)36)31-25-27-35(28-26-31)45(34-18-5-2-6-19-34)43-38-20-8-7-15-33(38)29-40-39-21-9-10-24-41(39)46-44(40)43/h1-29H. The quantitative estimate of drug-likeness (QED) is 0.189. The SMILES string of the molecule is c1ccc(-c2cccc3cccc(-c4ccc(N(c5ccccc5)c5c6ccccc6cc6c5sc5ccccc56)cc4)c23)cc1. The Kier molecular flexibility index (Phi) is 6.40. The molecule has 0 radical (unpaired) electrons. The highest BCUT2D eigenvalue weighted by Gasteiger charge is 2.21. The summed E-state index contributed by atoms with van der Waals surface area (Å²) in [6, 6.07) is 63.8. The molecular formula is C44H29NS. The van der Waals surface area contributed by atoms with Crippen molar-refractivity contribution in [3.05, 3.63) is 176 Å². The van der Waals surface area contributed by atoms with Gasteiger partial charge in [-0.15, -0.1) is 11.3 Å². The first-order chi connectivity index (χ1) is 22.8. The second kappa shape index (κ2) is 11.0. The maximum absolute atomic E-state index is 2.45. The number of hydrogen-bond acceptors (Lipinski definition) is 2. The third-order valence-electron chi connectivity index (χ3n) is 9.03. The fourth-order valence-electron chi connectivity index (χ4n) is 6.94. The molecule has 0 spiro atoms. The Morgan fingerprint density at radius 3 is 1.70 bits per heavy atom. The van der Waals surface area contributed by atoms with E-state index in [0.29, 0.717) is 0 Å². The van der Waals surface area contributed by atoms with Gasteiger partial charge in [0.15, 0.2) is 0 Å². The summed E-state index contributed by atoms with van der Waals surface area (Å²) in [5, 5.41) is 7.63. The molecule has 46 heavy (non-hydrogen) atoms. The second-order valence-corrected chi connectivity index (χ2v) is 12.8. The van der Waals surface area contributed by atoms with Gasteiger partial charge in [0.1, 0.15) is 0 Å². The van der Waals surface area contributed by atoms with Crippen LogP contribution in [-0.2, 0) is 0 Å². The van der Waals surface area contributed by atoms with Gasteiger partial charge < -0.3 is 4.90 Å². The van der Waals surface area contributed by atoms with Crippen LogP contribution in [0.5, 0.6) is 0 Å². The van der Waals surface area contributed by atoms with Crippen molar-refractivity contribution >= 4 is 70.1 Å². The molecule has 0 unspecified atom stereocenters. The number of para-hydroxylation sites is 1. The first kappa shape index (κ1) is 26.7. The van der Waals surface area contributed by atoms with Gasteiger partial charge in [-0.2, -0.15) is 0 Å². The summed E-state index contributed by atoms with van der Waals surface area (Å²) in [4.78, 5) is 2.45. The Morgan fingerprint density at radius 1 is 0.391 bits per heavy atom. The molecule has 0 amide bonds. The summed E-state index contributed by atoms with van der Waals surface area (Å²) < 4.78 is 2.61. The zero-order valence-electron chi connectivity index (χ0n) is 25.1. The fourth-order valence-corrected chi connectivity index (χ4v) is 8.17. The number of rotatable bonds is 5. The highest BCUT2D eigenvalue weighted by molar-refractivity contribution is 7.26. The van der Waals surface area contributed by atoms with Gasteiger partial charge in [-0.1, -0.05) is 140 Å². The maximum atomic E-state index is 2.45. The van der Waals surface area contributed by atoms with E-state index in [2.05, 4.69) is 181 Å². The van der Waals surface area contributed by atoms with E-state index in [1.165, 1.54) is 69.7 Å². The molecule has 0 saturated carbocycles. The van der Waals surface area contributed by atoms with Crippen LogP contribution >= 0.6 is 11.3 Å². The number of fused-ring (bicyclic) bond motifs is 5. The average molecular weight is 604 g/mol. The zero-order chi connectivity index (χ0) is 30.5. The van der Waals surface area contributed by atoms with Crippen molar-refractivity contribution in [3.8, 4) is 22.3 Å². The molecule has 8 aromatic carbocycles. The zero-order valence-corrected chi connectivity index (χ0v) is 25.9. The van der Waals surface area contributed by atoms with Gasteiger partial charge in [0.2, 0.25) is 0 Å². The van der Waals surface area contributed by atoms with Crippen molar-refractivity contribution in [2.45, 2.75) is 0 Å². The molecule has 2 heteroatoms. The molecule has 1 heterocycles. The average Bonchev–Trinajstić information content (AvgIpc) is 3.50. The first-order valence-corrected chi connectivity index (χ1v) is 16.5. The Hall–Kier alpha value is -5.70. The second-order valence-electron chi connectivity index (χ2n) is 11.7. The third-order valence-corrected chi connectivity index (χ3v) is 10.2. The van der Waals surface area contributed by atoms with Crippen LogP contribution in [0.25, 0.3) is 64.0 Å². The molecule has 0 aliphatic heterocycles. The van der Waals surface area contributed by atoms with Crippen LogP contribution in [0.1, 0.15) is 0 Å². The molecule has 0 bridgehead atoms. The molecule has 1 nitrogen and oxygen atoms in total. The molecule has 9 aromatic rings. The summed E-state index contributed by atoms with van der Waals surface area (Å²) in [6.07, 6.45) is 0. The molecule has 0 N–H and O–H groups in total. The lowest BCUT2D eigenvalue weighted by molar-refractivity contribution is 1.31. The minimum absolute atomic E-state index is 1.13. The fraction of sp³-hybridized carbons (Fsp3) is 0. The summed E-state index contributed by atoms with van der Waals surface area (Å²) in [7, 11) is 0. The molecule has 9 rings (SSSR count). The Morgan fingerprint density at radius 2 is 0.957 bits per heavy atom. The van der Waals surface area contributed by atoms with Crippen LogP contribution in [0, 0.1) is 0 Å². The first-order valence-electron chi connectivity index (χ1n) is 15.7. The number of benzene rings is 8. The summed E-state index contributed by atoms with van der Waals surface area (Å²) in [5.41, 5.74) is 8.44. The van der Waals surface area contributed by atoms with Crippen molar-refractivity contribution in [3.63, 3.8) is 0 Å². The largest absolute Gasteiger partial charge is 0.308 e. The topological polar surface area (TPSA) is 3.24 Å². The lowest BCUT2D eigenvalue weighted by atomic mass is 9.91. The lowest BCUT2D eigenvalue weighted by Crippen LogP contribution is -2.10. The van der Waals surface area contributed by atoms with E-state index in [0.717, 1.165) is 11.4 Å². The van der Waals surface area contributed by atoms with E-state index in [-0.39, 0.29) is 0 Å². The molecule has 0 saturated heterocycles. The highest BCUT2D eigenvalue weighted by Crippen LogP contribution is 2.49. The monoisotopic (exact) mass is 603 g/mol. The minimum atomic E-state index is 1.13. The third kappa shape index (κ3) is 4.38. The van der Waals surface area contributed by atoms with E-state index in [1.54, 1.807) is 0 Å². The van der Waals surface area contributed by atoms with Crippen molar-refractivity contribution in [2.75, 3.05) is 4.90 Å². The number of nitrogens with zero attached hydrogens (tertiary/aromatic N) is 1. The van der Waals surface area contributed by atoms with Crippen molar-refractivity contribution < 1.29 is 0 Å². The van der Waals surface area contributed by atoms with Gasteiger partial charge in [0.05, 0.1) is 10.4 Å².